The number of halogens is 2. The van der Waals surface area contributed by atoms with Gasteiger partial charge < -0.3 is 29.6 Å². The molecular weight excluding hydrogens is 700 g/mol. The van der Waals surface area contributed by atoms with E-state index in [0.29, 0.717) is 29.4 Å². The van der Waals surface area contributed by atoms with Crippen molar-refractivity contribution < 1.29 is 33.3 Å². The lowest BCUT2D eigenvalue weighted by Crippen LogP contribution is -2.45. The van der Waals surface area contributed by atoms with Crippen molar-refractivity contribution >= 4 is 56.0 Å². The SMILES string of the molecule is CCOC(=O)C1=C(C)NC(=O)N[C@H]1c1ccc(OCC(=O)N/N=C\c2ccc(OCc3ccc(Br)cc3)c(Br)c2)c(OC)c1. The van der Waals surface area contributed by atoms with E-state index >= 15 is 0 Å². The number of hydrogen-bond acceptors (Lipinski definition) is 8. The first-order chi connectivity index (χ1) is 21.2. The molecule has 0 saturated heterocycles. The number of carbonyl (C=O) groups is 3. The molecule has 230 valence electrons. The molecule has 0 bridgehead atoms. The number of benzene rings is 3. The fourth-order valence-corrected chi connectivity index (χ4v) is 4.99. The molecule has 13 heteroatoms. The van der Waals surface area contributed by atoms with E-state index in [4.69, 9.17) is 18.9 Å². The minimum atomic E-state index is -0.768. The summed E-state index contributed by atoms with van der Waals surface area (Å²) in [5.41, 5.74) is 5.43. The van der Waals surface area contributed by atoms with E-state index in [9.17, 15) is 14.4 Å². The second-order valence-electron chi connectivity index (χ2n) is 9.39. The van der Waals surface area contributed by atoms with Gasteiger partial charge in [-0.05, 0) is 88.9 Å². The lowest BCUT2D eigenvalue weighted by Gasteiger charge is -2.28. The minimum absolute atomic E-state index is 0.186. The van der Waals surface area contributed by atoms with E-state index in [0.717, 1.165) is 20.1 Å². The van der Waals surface area contributed by atoms with Crippen molar-refractivity contribution in [3.05, 3.63) is 97.6 Å². The molecule has 0 unspecified atom stereocenters. The van der Waals surface area contributed by atoms with Gasteiger partial charge in [-0.2, -0.15) is 5.10 Å². The molecule has 0 aromatic heterocycles. The van der Waals surface area contributed by atoms with Crippen LogP contribution in [-0.2, 0) is 20.9 Å². The second kappa shape index (κ2) is 15.4. The summed E-state index contributed by atoms with van der Waals surface area (Å²) < 4.78 is 23.9. The molecule has 1 heterocycles. The summed E-state index contributed by atoms with van der Waals surface area (Å²) in [7, 11) is 1.44. The van der Waals surface area contributed by atoms with E-state index in [-0.39, 0.29) is 24.5 Å². The van der Waals surface area contributed by atoms with Gasteiger partial charge in [0.05, 0.1) is 36.0 Å². The van der Waals surface area contributed by atoms with Crippen LogP contribution in [0.3, 0.4) is 0 Å². The van der Waals surface area contributed by atoms with Crippen LogP contribution >= 0.6 is 31.9 Å². The summed E-state index contributed by atoms with van der Waals surface area (Å²) in [5.74, 6) is 0.228. The van der Waals surface area contributed by atoms with Gasteiger partial charge in [0.1, 0.15) is 12.4 Å². The van der Waals surface area contributed by atoms with Crippen LogP contribution in [-0.4, -0.2) is 44.4 Å². The van der Waals surface area contributed by atoms with Gasteiger partial charge in [-0.3, -0.25) is 4.79 Å². The number of hydrazone groups is 1. The Balaban J connectivity index is 1.33. The van der Waals surface area contributed by atoms with E-state index in [1.165, 1.54) is 13.3 Å². The molecule has 44 heavy (non-hydrogen) atoms. The fourth-order valence-electron chi connectivity index (χ4n) is 4.22. The summed E-state index contributed by atoms with van der Waals surface area (Å²) in [5, 5.41) is 9.33. The molecule has 0 fully saturated rings. The Morgan fingerprint density at radius 3 is 2.45 bits per heavy atom. The number of hydrogen-bond donors (Lipinski definition) is 3. The Labute approximate surface area is 271 Å². The van der Waals surface area contributed by atoms with Crippen molar-refractivity contribution in [3.8, 4) is 17.2 Å². The maximum Gasteiger partial charge on any atom is 0.338 e. The predicted molar refractivity (Wildman–Crippen MR) is 171 cm³/mol. The number of esters is 1. The molecule has 11 nitrogen and oxygen atoms in total. The normalized spacial score (nSPS) is 14.5. The number of methoxy groups -OCH3 is 1. The van der Waals surface area contributed by atoms with Gasteiger partial charge in [0.15, 0.2) is 18.1 Å². The monoisotopic (exact) mass is 728 g/mol. The van der Waals surface area contributed by atoms with Gasteiger partial charge >= 0.3 is 12.0 Å². The van der Waals surface area contributed by atoms with E-state index in [2.05, 4.69) is 53.0 Å². The predicted octanol–water partition coefficient (Wildman–Crippen LogP) is 5.52. The quantitative estimate of drug-likeness (QED) is 0.127. The Morgan fingerprint density at radius 1 is 1.00 bits per heavy atom. The molecule has 0 spiro atoms. The average molecular weight is 730 g/mol. The highest BCUT2D eigenvalue weighted by molar-refractivity contribution is 9.10. The Bertz CT molecular complexity index is 1590. The number of nitrogens with one attached hydrogen (secondary N) is 3. The summed E-state index contributed by atoms with van der Waals surface area (Å²) in [6, 6.07) is 17.0. The topological polar surface area (TPSA) is 137 Å². The number of amides is 3. The number of urea groups is 1. The summed E-state index contributed by atoms with van der Waals surface area (Å²) in [6.45, 7) is 3.60. The highest BCUT2D eigenvalue weighted by atomic mass is 79.9. The molecule has 0 saturated carbocycles. The Kier molecular flexibility index (Phi) is 11.4. The van der Waals surface area contributed by atoms with Gasteiger partial charge in [-0.15, -0.1) is 0 Å². The molecule has 0 radical (unpaired) electrons. The van der Waals surface area contributed by atoms with Crippen molar-refractivity contribution in [2.45, 2.75) is 26.5 Å². The van der Waals surface area contributed by atoms with Crippen molar-refractivity contribution in [2.24, 2.45) is 5.10 Å². The van der Waals surface area contributed by atoms with Crippen LogP contribution in [0.1, 0.15) is 36.6 Å². The van der Waals surface area contributed by atoms with E-state index in [1.54, 1.807) is 32.0 Å². The fraction of sp³-hybridized carbons (Fsp3) is 0.226. The number of allylic oxidation sites excluding steroid dienone is 1. The first kappa shape index (κ1) is 32.6. The third-order valence-corrected chi connectivity index (χ3v) is 7.46. The molecule has 1 aliphatic heterocycles. The number of carbonyl (C=O) groups excluding carboxylic acids is 3. The maximum atomic E-state index is 12.6. The molecule has 3 amide bonds. The molecule has 3 aromatic rings. The lowest BCUT2D eigenvalue weighted by atomic mass is 9.95. The van der Waals surface area contributed by atoms with Crippen LogP contribution in [0.15, 0.2) is 86.0 Å². The third-order valence-electron chi connectivity index (χ3n) is 6.31. The summed E-state index contributed by atoms with van der Waals surface area (Å²) in [6.07, 6.45) is 1.50. The standard InChI is InChI=1S/C31H30Br2N4O7/c1-4-42-30(39)28-18(2)35-31(40)36-29(28)21-8-12-25(26(14-21)41-3)44-17-27(38)37-34-15-20-7-11-24(23(33)13-20)43-16-19-5-9-22(32)10-6-19/h5-15,29H,4,16-17H2,1-3H3,(H,37,38)(H2,35,36,40)/b34-15-/t29-/m0/s1. The molecule has 4 rings (SSSR count). The minimum Gasteiger partial charge on any atom is -0.493 e. The smallest absolute Gasteiger partial charge is 0.338 e. The first-order valence-corrected chi connectivity index (χ1v) is 15.0. The number of nitrogens with zero attached hydrogens (tertiary/aromatic N) is 1. The van der Waals surface area contributed by atoms with Gasteiger partial charge in [-0.1, -0.05) is 34.1 Å². The van der Waals surface area contributed by atoms with Crippen molar-refractivity contribution in [2.75, 3.05) is 20.3 Å². The highest BCUT2D eigenvalue weighted by Gasteiger charge is 2.32. The zero-order chi connectivity index (χ0) is 31.6. The van der Waals surface area contributed by atoms with Gasteiger partial charge in [0.25, 0.3) is 5.91 Å². The highest BCUT2D eigenvalue weighted by Crippen LogP contribution is 2.34. The maximum absolute atomic E-state index is 12.6. The Hall–Kier alpha value is -4.36. The molecule has 1 aliphatic rings. The van der Waals surface area contributed by atoms with Gasteiger partial charge in [-0.25, -0.2) is 15.0 Å². The van der Waals surface area contributed by atoms with Crippen molar-refractivity contribution in [1.29, 1.82) is 0 Å². The zero-order valence-electron chi connectivity index (χ0n) is 24.1. The Morgan fingerprint density at radius 2 is 1.75 bits per heavy atom. The molecule has 3 N–H and O–H groups in total. The van der Waals surface area contributed by atoms with E-state index < -0.39 is 23.9 Å². The second-order valence-corrected chi connectivity index (χ2v) is 11.2. The molecular formula is C31H30Br2N4O7. The lowest BCUT2D eigenvalue weighted by molar-refractivity contribution is -0.139. The van der Waals surface area contributed by atoms with Gasteiger partial charge in [0.2, 0.25) is 0 Å². The number of rotatable bonds is 12. The van der Waals surface area contributed by atoms with Crippen LogP contribution in [0, 0.1) is 0 Å². The van der Waals surface area contributed by atoms with Crippen LogP contribution in [0.4, 0.5) is 4.79 Å². The van der Waals surface area contributed by atoms with Crippen LogP contribution < -0.4 is 30.3 Å². The molecule has 0 aliphatic carbocycles. The zero-order valence-corrected chi connectivity index (χ0v) is 27.3. The van der Waals surface area contributed by atoms with E-state index in [1.807, 2.05) is 42.5 Å². The van der Waals surface area contributed by atoms with Crippen LogP contribution in [0.5, 0.6) is 17.2 Å². The average Bonchev–Trinajstić information content (AvgIpc) is 3.00. The van der Waals surface area contributed by atoms with Crippen molar-refractivity contribution in [3.63, 3.8) is 0 Å². The number of ether oxygens (including phenoxy) is 4. The first-order valence-electron chi connectivity index (χ1n) is 13.4. The van der Waals surface area contributed by atoms with Crippen LogP contribution in [0.25, 0.3) is 0 Å². The summed E-state index contributed by atoms with van der Waals surface area (Å²) in [4.78, 5) is 37.1. The summed E-state index contributed by atoms with van der Waals surface area (Å²) >= 11 is 6.93. The third kappa shape index (κ3) is 8.60. The molecule has 3 aromatic carbocycles. The van der Waals surface area contributed by atoms with Crippen LogP contribution in [0.2, 0.25) is 0 Å². The van der Waals surface area contributed by atoms with Gasteiger partial charge in [0, 0.05) is 10.2 Å². The van der Waals surface area contributed by atoms with Crippen molar-refractivity contribution in [1.82, 2.24) is 16.1 Å². The largest absolute Gasteiger partial charge is 0.493 e. The molecule has 1 atom stereocenters.